The molecule has 0 saturated heterocycles. The van der Waals surface area contributed by atoms with E-state index in [4.69, 9.17) is 0 Å². The molecule has 7 heteroatoms. The third kappa shape index (κ3) is 2.62. The van der Waals surface area contributed by atoms with Gasteiger partial charge in [-0.25, -0.2) is 4.98 Å². The maximum absolute atomic E-state index is 13.0. The van der Waals surface area contributed by atoms with E-state index >= 15 is 0 Å². The highest BCUT2D eigenvalue weighted by Gasteiger charge is 2.16. The summed E-state index contributed by atoms with van der Waals surface area (Å²) in [6.45, 7) is 1.97. The molecule has 0 radical (unpaired) electrons. The van der Waals surface area contributed by atoms with Crippen molar-refractivity contribution in [3.63, 3.8) is 0 Å². The molecule has 5 aromatic rings. The second-order valence-electron chi connectivity index (χ2n) is 6.62. The Balaban J connectivity index is 1.76. The van der Waals surface area contributed by atoms with Crippen molar-refractivity contribution in [2.45, 2.75) is 6.92 Å². The summed E-state index contributed by atoms with van der Waals surface area (Å²) >= 11 is 1.09. The molecule has 0 fully saturated rings. The second kappa shape index (κ2) is 6.62. The van der Waals surface area contributed by atoms with Crippen molar-refractivity contribution in [1.29, 1.82) is 5.26 Å². The van der Waals surface area contributed by atoms with Gasteiger partial charge in [0, 0.05) is 5.56 Å². The van der Waals surface area contributed by atoms with Crippen molar-refractivity contribution in [2.75, 3.05) is 0 Å². The molecule has 2 aromatic heterocycles. The smallest absolute Gasteiger partial charge is 0.265 e. The van der Waals surface area contributed by atoms with Crippen LogP contribution in [0.1, 0.15) is 11.1 Å². The molecule has 0 spiro atoms. The van der Waals surface area contributed by atoms with Crippen LogP contribution in [0, 0.1) is 18.3 Å². The number of para-hydroxylation sites is 1. The monoisotopic (exact) mass is 395 g/mol. The zero-order chi connectivity index (χ0) is 20.0. The molecule has 0 bridgehead atoms. The second-order valence-corrected chi connectivity index (χ2v) is 7.15. The fourth-order valence-corrected chi connectivity index (χ4v) is 4.16. The van der Waals surface area contributed by atoms with E-state index in [0.29, 0.717) is 27.5 Å². The Morgan fingerprint density at radius 3 is 2.66 bits per heavy atom. The van der Waals surface area contributed by atoms with Crippen molar-refractivity contribution in [3.05, 3.63) is 82.4 Å². The summed E-state index contributed by atoms with van der Waals surface area (Å²) in [6.07, 6.45) is 1.57. The standard InChI is InChI=1S/C22H13N5OS/c1-13-15(16-10-9-14(11-23)20-21(16)26-29-25-20)6-4-8-19(13)27-12-24-18-7-3-2-5-17(18)22(27)28/h2-10,12H,1H3. The number of nitrogens with zero attached hydrogens (tertiary/aromatic N) is 5. The highest BCUT2D eigenvalue weighted by Crippen LogP contribution is 2.33. The topological polar surface area (TPSA) is 84.5 Å². The number of benzene rings is 3. The SMILES string of the molecule is Cc1c(-c2ccc(C#N)c3nsnc23)cccc1-n1cnc2ccccc2c1=O. The van der Waals surface area contributed by atoms with Gasteiger partial charge in [0.05, 0.1) is 33.9 Å². The average Bonchev–Trinajstić information content (AvgIpc) is 3.24. The Morgan fingerprint density at radius 2 is 1.79 bits per heavy atom. The minimum absolute atomic E-state index is 0.115. The summed E-state index contributed by atoms with van der Waals surface area (Å²) in [7, 11) is 0. The lowest BCUT2D eigenvalue weighted by Gasteiger charge is -2.14. The Kier molecular flexibility index (Phi) is 3.93. The summed E-state index contributed by atoms with van der Waals surface area (Å²) < 4.78 is 10.3. The van der Waals surface area contributed by atoms with E-state index in [1.165, 1.54) is 0 Å². The molecule has 0 saturated carbocycles. The van der Waals surface area contributed by atoms with Gasteiger partial charge in [-0.05, 0) is 42.3 Å². The maximum atomic E-state index is 13.0. The van der Waals surface area contributed by atoms with Crippen LogP contribution < -0.4 is 5.56 Å². The van der Waals surface area contributed by atoms with Gasteiger partial charge in [0.2, 0.25) is 0 Å². The van der Waals surface area contributed by atoms with Gasteiger partial charge in [0.1, 0.15) is 23.4 Å². The van der Waals surface area contributed by atoms with Crippen molar-refractivity contribution >= 4 is 33.7 Å². The fraction of sp³-hybridized carbons (Fsp3) is 0.0455. The van der Waals surface area contributed by atoms with Crippen LogP contribution in [0.5, 0.6) is 0 Å². The van der Waals surface area contributed by atoms with Crippen LogP contribution in [0.25, 0.3) is 38.8 Å². The van der Waals surface area contributed by atoms with E-state index in [-0.39, 0.29) is 5.56 Å². The first-order valence-corrected chi connectivity index (χ1v) is 9.64. The summed E-state index contributed by atoms with van der Waals surface area (Å²) in [5, 5.41) is 9.90. The molecular formula is C22H13N5OS. The van der Waals surface area contributed by atoms with Gasteiger partial charge in [-0.2, -0.15) is 14.0 Å². The molecule has 29 heavy (non-hydrogen) atoms. The van der Waals surface area contributed by atoms with Crippen LogP contribution in [0.2, 0.25) is 0 Å². The average molecular weight is 395 g/mol. The Morgan fingerprint density at radius 1 is 0.966 bits per heavy atom. The molecular weight excluding hydrogens is 382 g/mol. The molecule has 0 atom stereocenters. The zero-order valence-electron chi connectivity index (χ0n) is 15.3. The number of rotatable bonds is 2. The Labute approximate surface area is 169 Å². The lowest BCUT2D eigenvalue weighted by atomic mass is 9.96. The lowest BCUT2D eigenvalue weighted by molar-refractivity contribution is 0.953. The molecule has 2 heterocycles. The van der Waals surface area contributed by atoms with Crippen LogP contribution in [-0.4, -0.2) is 18.3 Å². The minimum Gasteiger partial charge on any atom is -0.268 e. The van der Waals surface area contributed by atoms with Crippen LogP contribution in [0.4, 0.5) is 0 Å². The van der Waals surface area contributed by atoms with Crippen LogP contribution in [0.3, 0.4) is 0 Å². The Hall–Kier alpha value is -3.89. The molecule has 0 aliphatic heterocycles. The quantitative estimate of drug-likeness (QED) is 0.446. The molecule has 0 N–H and O–H groups in total. The van der Waals surface area contributed by atoms with E-state index in [0.717, 1.165) is 34.1 Å². The van der Waals surface area contributed by atoms with E-state index in [9.17, 15) is 10.1 Å². The number of hydrogen-bond donors (Lipinski definition) is 0. The van der Waals surface area contributed by atoms with Crippen molar-refractivity contribution < 1.29 is 0 Å². The highest BCUT2D eigenvalue weighted by molar-refractivity contribution is 7.00. The molecule has 0 amide bonds. The molecule has 6 nitrogen and oxygen atoms in total. The molecule has 5 rings (SSSR count). The first-order valence-electron chi connectivity index (χ1n) is 8.91. The van der Waals surface area contributed by atoms with Crippen LogP contribution >= 0.6 is 11.7 Å². The predicted octanol–water partition coefficient (Wildman–Crippen LogP) is 4.24. The molecule has 0 unspecified atom stereocenters. The largest absolute Gasteiger partial charge is 0.268 e. The van der Waals surface area contributed by atoms with E-state index in [1.807, 2.05) is 49.4 Å². The minimum atomic E-state index is -0.115. The summed E-state index contributed by atoms with van der Waals surface area (Å²) in [5.41, 5.74) is 5.85. The van der Waals surface area contributed by atoms with Gasteiger partial charge < -0.3 is 0 Å². The zero-order valence-corrected chi connectivity index (χ0v) is 16.1. The van der Waals surface area contributed by atoms with Gasteiger partial charge in [-0.3, -0.25) is 9.36 Å². The first kappa shape index (κ1) is 17.2. The first-order chi connectivity index (χ1) is 14.2. The molecule has 0 aliphatic rings. The van der Waals surface area contributed by atoms with Crippen molar-refractivity contribution in [2.24, 2.45) is 0 Å². The molecule has 138 valence electrons. The summed E-state index contributed by atoms with van der Waals surface area (Å²) in [4.78, 5) is 17.5. The number of aromatic nitrogens is 4. The third-order valence-corrected chi connectivity index (χ3v) is 5.58. The Bertz CT molecular complexity index is 1510. The van der Waals surface area contributed by atoms with Crippen molar-refractivity contribution in [3.8, 4) is 22.9 Å². The lowest BCUT2D eigenvalue weighted by Crippen LogP contribution is -2.19. The normalized spacial score (nSPS) is 11.0. The van der Waals surface area contributed by atoms with E-state index < -0.39 is 0 Å². The van der Waals surface area contributed by atoms with Gasteiger partial charge in [-0.15, -0.1) is 0 Å². The van der Waals surface area contributed by atoms with Crippen LogP contribution in [0.15, 0.2) is 65.7 Å². The fourth-order valence-electron chi connectivity index (χ4n) is 3.59. The van der Waals surface area contributed by atoms with Crippen LogP contribution in [-0.2, 0) is 0 Å². The third-order valence-electron chi connectivity index (χ3n) is 5.06. The summed E-state index contributed by atoms with van der Waals surface area (Å²) in [6, 6.07) is 18.9. The van der Waals surface area contributed by atoms with Crippen molar-refractivity contribution in [1.82, 2.24) is 18.3 Å². The molecule has 0 aliphatic carbocycles. The number of fused-ring (bicyclic) bond motifs is 2. The highest BCUT2D eigenvalue weighted by atomic mass is 32.1. The van der Waals surface area contributed by atoms with E-state index in [2.05, 4.69) is 19.8 Å². The van der Waals surface area contributed by atoms with E-state index in [1.54, 1.807) is 23.0 Å². The van der Waals surface area contributed by atoms with Gasteiger partial charge >= 0.3 is 0 Å². The number of hydrogen-bond acceptors (Lipinski definition) is 6. The molecule has 3 aromatic carbocycles. The van der Waals surface area contributed by atoms with Gasteiger partial charge in [0.15, 0.2) is 0 Å². The van der Waals surface area contributed by atoms with Gasteiger partial charge in [0.25, 0.3) is 5.56 Å². The number of nitriles is 1. The summed E-state index contributed by atoms with van der Waals surface area (Å²) in [5.74, 6) is 0. The maximum Gasteiger partial charge on any atom is 0.265 e. The van der Waals surface area contributed by atoms with Gasteiger partial charge in [-0.1, -0.05) is 30.3 Å². The predicted molar refractivity (Wildman–Crippen MR) is 113 cm³/mol.